The molecule has 1 rings (SSSR count). The molecular formula is C11H16ClNO2. The molecule has 4 heteroatoms. The maximum atomic E-state index is 11.1. The summed E-state index contributed by atoms with van der Waals surface area (Å²) in [5.41, 5.74) is 5.37. The van der Waals surface area contributed by atoms with Gasteiger partial charge in [0.1, 0.15) is 6.10 Å². The number of rotatable bonds is 3. The Labute approximate surface area is 94.9 Å². The molecule has 0 aliphatic rings. The van der Waals surface area contributed by atoms with Crippen molar-refractivity contribution in [2.75, 3.05) is 7.05 Å². The predicted molar refractivity (Wildman–Crippen MR) is 62.0 cm³/mol. The van der Waals surface area contributed by atoms with Crippen molar-refractivity contribution in [1.29, 1.82) is 0 Å². The molecule has 15 heavy (non-hydrogen) atoms. The number of carbonyl (C=O) groups excluding carboxylic acids is 1. The van der Waals surface area contributed by atoms with Crippen molar-refractivity contribution >= 4 is 17.4 Å². The van der Waals surface area contributed by atoms with E-state index in [1.54, 1.807) is 24.3 Å². The van der Waals surface area contributed by atoms with Crippen molar-refractivity contribution in [3.63, 3.8) is 0 Å². The first-order valence-corrected chi connectivity index (χ1v) is 5.00. The van der Waals surface area contributed by atoms with Crippen LogP contribution in [0.2, 0.25) is 5.02 Å². The standard InChI is InChI=1S/C10H11ClO2.CH5N/c1-7(12)10(13)6-8-2-4-9(11)5-3-8;1-2/h2-5,7,12H,6H2,1H3;2H2,1H3. The van der Waals surface area contributed by atoms with Crippen LogP contribution < -0.4 is 5.73 Å². The van der Waals surface area contributed by atoms with Crippen LogP contribution in [0.25, 0.3) is 0 Å². The van der Waals surface area contributed by atoms with Gasteiger partial charge in [-0.2, -0.15) is 0 Å². The Bertz CT molecular complexity index is 296. The Morgan fingerprint density at radius 2 is 1.87 bits per heavy atom. The molecule has 0 saturated carbocycles. The van der Waals surface area contributed by atoms with Crippen LogP contribution in [0.1, 0.15) is 12.5 Å². The van der Waals surface area contributed by atoms with Gasteiger partial charge in [0, 0.05) is 11.4 Å². The van der Waals surface area contributed by atoms with E-state index in [1.165, 1.54) is 14.0 Å². The minimum absolute atomic E-state index is 0.178. The summed E-state index contributed by atoms with van der Waals surface area (Å²) in [6.45, 7) is 1.47. The van der Waals surface area contributed by atoms with Crippen LogP contribution in [0.5, 0.6) is 0 Å². The summed E-state index contributed by atoms with van der Waals surface area (Å²) in [5, 5.41) is 9.61. The second-order valence-electron chi connectivity index (χ2n) is 2.95. The lowest BCUT2D eigenvalue weighted by Gasteiger charge is -2.03. The van der Waals surface area contributed by atoms with Crippen molar-refractivity contribution in [3.8, 4) is 0 Å². The van der Waals surface area contributed by atoms with E-state index in [0.29, 0.717) is 5.02 Å². The highest BCUT2D eigenvalue weighted by molar-refractivity contribution is 6.30. The highest BCUT2D eigenvalue weighted by atomic mass is 35.5. The molecule has 1 atom stereocenters. The average molecular weight is 230 g/mol. The first-order valence-electron chi connectivity index (χ1n) is 4.62. The number of aliphatic hydroxyl groups is 1. The molecule has 0 heterocycles. The van der Waals surface area contributed by atoms with Crippen LogP contribution in [-0.4, -0.2) is 24.0 Å². The monoisotopic (exact) mass is 229 g/mol. The van der Waals surface area contributed by atoms with Gasteiger partial charge in [0.25, 0.3) is 0 Å². The summed E-state index contributed by atoms with van der Waals surface area (Å²) in [6, 6.07) is 7.02. The van der Waals surface area contributed by atoms with Gasteiger partial charge in [-0.25, -0.2) is 0 Å². The molecule has 1 aromatic rings. The van der Waals surface area contributed by atoms with E-state index in [9.17, 15) is 4.79 Å². The van der Waals surface area contributed by atoms with Crippen LogP contribution in [-0.2, 0) is 11.2 Å². The first kappa shape index (κ1) is 14.1. The van der Waals surface area contributed by atoms with Crippen molar-refractivity contribution in [3.05, 3.63) is 34.9 Å². The summed E-state index contributed by atoms with van der Waals surface area (Å²) in [4.78, 5) is 11.1. The maximum Gasteiger partial charge on any atom is 0.165 e. The van der Waals surface area contributed by atoms with Gasteiger partial charge in [0.2, 0.25) is 0 Å². The lowest BCUT2D eigenvalue weighted by atomic mass is 10.1. The van der Waals surface area contributed by atoms with Crippen LogP contribution in [0.3, 0.4) is 0 Å². The van der Waals surface area contributed by atoms with Crippen molar-refractivity contribution < 1.29 is 9.90 Å². The van der Waals surface area contributed by atoms with Gasteiger partial charge in [-0.1, -0.05) is 23.7 Å². The molecule has 1 unspecified atom stereocenters. The number of Topliss-reactive ketones (excluding diaryl/α,β-unsaturated/α-hetero) is 1. The summed E-state index contributed by atoms with van der Waals surface area (Å²) in [5.74, 6) is -0.178. The Morgan fingerprint density at radius 3 is 2.27 bits per heavy atom. The van der Waals surface area contributed by atoms with Gasteiger partial charge >= 0.3 is 0 Å². The van der Waals surface area contributed by atoms with Gasteiger partial charge in [0.15, 0.2) is 5.78 Å². The molecule has 0 amide bonds. The normalized spacial score (nSPS) is 11.3. The molecule has 0 spiro atoms. The molecule has 84 valence electrons. The quantitative estimate of drug-likeness (QED) is 0.824. The first-order chi connectivity index (χ1) is 7.09. The molecule has 0 bridgehead atoms. The Hall–Kier alpha value is -0.900. The maximum absolute atomic E-state index is 11.1. The van der Waals surface area contributed by atoms with Crippen molar-refractivity contribution in [2.45, 2.75) is 19.4 Å². The van der Waals surface area contributed by atoms with Crippen LogP contribution in [0.15, 0.2) is 24.3 Å². The smallest absolute Gasteiger partial charge is 0.165 e. The lowest BCUT2D eigenvalue weighted by Crippen LogP contribution is -2.18. The van der Waals surface area contributed by atoms with Gasteiger partial charge < -0.3 is 10.8 Å². The molecular weight excluding hydrogens is 214 g/mol. The summed E-state index contributed by atoms with van der Waals surface area (Å²) in [6.07, 6.45) is -0.634. The van der Waals surface area contributed by atoms with E-state index in [2.05, 4.69) is 5.73 Å². The average Bonchev–Trinajstić information content (AvgIpc) is 2.24. The predicted octanol–water partition coefficient (Wildman–Crippen LogP) is 1.41. The topological polar surface area (TPSA) is 63.3 Å². The van der Waals surface area contributed by atoms with Crippen molar-refractivity contribution in [2.24, 2.45) is 5.73 Å². The van der Waals surface area contributed by atoms with Gasteiger partial charge in [0.05, 0.1) is 0 Å². The molecule has 1 aromatic carbocycles. The number of hydrogen-bond donors (Lipinski definition) is 2. The lowest BCUT2D eigenvalue weighted by molar-refractivity contribution is -0.125. The third kappa shape index (κ3) is 5.52. The molecule has 3 N–H and O–H groups in total. The second-order valence-corrected chi connectivity index (χ2v) is 3.38. The molecule has 0 saturated heterocycles. The number of benzene rings is 1. The number of carbonyl (C=O) groups is 1. The Morgan fingerprint density at radius 1 is 1.40 bits per heavy atom. The summed E-state index contributed by atoms with van der Waals surface area (Å²) >= 11 is 5.68. The highest BCUT2D eigenvalue weighted by Gasteiger charge is 2.09. The molecule has 3 nitrogen and oxygen atoms in total. The van der Waals surface area contributed by atoms with Gasteiger partial charge in [-0.05, 0) is 31.7 Å². The van der Waals surface area contributed by atoms with E-state index >= 15 is 0 Å². The minimum atomic E-state index is -0.893. The van der Waals surface area contributed by atoms with E-state index < -0.39 is 6.10 Å². The van der Waals surface area contributed by atoms with Crippen LogP contribution in [0, 0.1) is 0 Å². The zero-order valence-electron chi connectivity index (χ0n) is 8.90. The fraction of sp³-hybridized carbons (Fsp3) is 0.364. The fourth-order valence-electron chi connectivity index (χ4n) is 0.951. The van der Waals surface area contributed by atoms with E-state index in [0.717, 1.165) is 5.56 Å². The van der Waals surface area contributed by atoms with Crippen LogP contribution in [0.4, 0.5) is 0 Å². The third-order valence-corrected chi connectivity index (χ3v) is 2.01. The number of aliphatic hydroxyl groups excluding tert-OH is 1. The van der Waals surface area contributed by atoms with Crippen LogP contribution >= 0.6 is 11.6 Å². The Balaban J connectivity index is 0.000000921. The second kappa shape index (κ2) is 7.40. The molecule has 0 aromatic heterocycles. The summed E-state index contributed by atoms with van der Waals surface area (Å²) < 4.78 is 0. The molecule has 0 radical (unpaired) electrons. The van der Waals surface area contributed by atoms with E-state index in [1.807, 2.05) is 0 Å². The molecule has 0 aliphatic heterocycles. The zero-order chi connectivity index (χ0) is 11.8. The molecule has 0 aliphatic carbocycles. The zero-order valence-corrected chi connectivity index (χ0v) is 9.66. The van der Waals surface area contributed by atoms with E-state index in [4.69, 9.17) is 16.7 Å². The highest BCUT2D eigenvalue weighted by Crippen LogP contribution is 2.10. The number of nitrogens with two attached hydrogens (primary N) is 1. The SMILES string of the molecule is CC(O)C(=O)Cc1ccc(Cl)cc1.CN. The summed E-state index contributed by atoms with van der Waals surface area (Å²) in [7, 11) is 1.50. The number of halogens is 1. The minimum Gasteiger partial charge on any atom is -0.386 e. The largest absolute Gasteiger partial charge is 0.386 e. The van der Waals surface area contributed by atoms with Crippen molar-refractivity contribution in [1.82, 2.24) is 0 Å². The molecule has 0 fully saturated rings. The Kier molecular flexibility index (Phi) is 6.96. The number of ketones is 1. The fourth-order valence-corrected chi connectivity index (χ4v) is 1.08. The third-order valence-electron chi connectivity index (χ3n) is 1.76. The van der Waals surface area contributed by atoms with Gasteiger partial charge in [-0.15, -0.1) is 0 Å². The van der Waals surface area contributed by atoms with E-state index in [-0.39, 0.29) is 12.2 Å². The van der Waals surface area contributed by atoms with Gasteiger partial charge in [-0.3, -0.25) is 4.79 Å². The number of hydrogen-bond acceptors (Lipinski definition) is 3.